The number of nitrogens with one attached hydrogen (secondary N) is 2. The van der Waals surface area contributed by atoms with Crippen LogP contribution in [0.3, 0.4) is 0 Å². The second-order valence-electron chi connectivity index (χ2n) is 7.53. The third-order valence-corrected chi connectivity index (χ3v) is 5.87. The maximum Gasteiger partial charge on any atom is 0.261 e. The molecular weight excluding hydrogens is 478 g/mol. The fourth-order valence-electron chi connectivity index (χ4n) is 3.38. The van der Waals surface area contributed by atoms with Gasteiger partial charge in [0.25, 0.3) is 11.8 Å². The van der Waals surface area contributed by atoms with E-state index in [1.54, 1.807) is 36.4 Å². The normalized spacial score (nSPS) is 14.1. The molecule has 1 aliphatic rings. The van der Waals surface area contributed by atoms with Crippen LogP contribution < -0.4 is 15.4 Å². The zero-order chi connectivity index (χ0) is 22.4. The van der Waals surface area contributed by atoms with E-state index in [-0.39, 0.29) is 16.9 Å². The highest BCUT2D eigenvalue weighted by molar-refractivity contribution is 9.10. The van der Waals surface area contributed by atoms with Crippen molar-refractivity contribution in [2.45, 2.75) is 26.7 Å². The highest BCUT2D eigenvalue weighted by Crippen LogP contribution is 2.23. The number of rotatable bonds is 5. The van der Waals surface area contributed by atoms with Crippen LogP contribution in [0.15, 0.2) is 46.9 Å². The fourth-order valence-corrected chi connectivity index (χ4v) is 3.96. The molecule has 8 heteroatoms. The van der Waals surface area contributed by atoms with Crippen LogP contribution in [0.4, 0.5) is 5.69 Å². The molecule has 2 aromatic rings. The zero-order valence-electron chi connectivity index (χ0n) is 17.6. The van der Waals surface area contributed by atoms with E-state index in [0.29, 0.717) is 35.1 Å². The Bertz CT molecular complexity index is 957. The first kappa shape index (κ1) is 23.2. The monoisotopic (exact) mass is 503 g/mol. The summed E-state index contributed by atoms with van der Waals surface area (Å²) >= 11 is 8.65. The minimum Gasteiger partial charge on any atom is -0.493 e. The standard InChI is InChI=1S/C23H26BrN3O3S/c1-3-30-20-9-6-17(24)14-19(20)21(28)26-23(31)25-18-7-4-16(5-8-18)22(29)27-12-10-15(2)11-13-27/h4-9,14-15H,3,10-13H2,1-2H3,(H2,25,26,28,31). The molecule has 6 nitrogen and oxygen atoms in total. The van der Waals surface area contributed by atoms with Gasteiger partial charge in [0.05, 0.1) is 12.2 Å². The summed E-state index contributed by atoms with van der Waals surface area (Å²) in [6.45, 7) is 6.13. The van der Waals surface area contributed by atoms with Gasteiger partial charge in [-0.25, -0.2) is 0 Å². The van der Waals surface area contributed by atoms with Gasteiger partial charge in [-0.3, -0.25) is 14.9 Å². The zero-order valence-corrected chi connectivity index (χ0v) is 20.0. The number of halogens is 1. The molecule has 1 heterocycles. The molecule has 0 bridgehead atoms. The van der Waals surface area contributed by atoms with Crippen molar-refractivity contribution in [3.05, 3.63) is 58.1 Å². The van der Waals surface area contributed by atoms with Gasteiger partial charge in [0.1, 0.15) is 5.75 Å². The second-order valence-corrected chi connectivity index (χ2v) is 8.86. The first-order valence-corrected chi connectivity index (χ1v) is 11.5. The number of thiocarbonyl (C=S) groups is 1. The number of nitrogens with zero attached hydrogens (tertiary/aromatic N) is 1. The number of likely N-dealkylation sites (tertiary alicyclic amines) is 1. The summed E-state index contributed by atoms with van der Waals surface area (Å²) in [6.07, 6.45) is 2.09. The summed E-state index contributed by atoms with van der Waals surface area (Å²) in [5.74, 6) is 0.843. The number of piperidine rings is 1. The van der Waals surface area contributed by atoms with Crippen molar-refractivity contribution in [2.75, 3.05) is 25.0 Å². The number of carbonyl (C=O) groups excluding carboxylic acids is 2. The lowest BCUT2D eigenvalue weighted by molar-refractivity contribution is 0.0697. The lowest BCUT2D eigenvalue weighted by Gasteiger charge is -2.30. The van der Waals surface area contributed by atoms with Gasteiger partial charge in [-0.1, -0.05) is 22.9 Å². The Balaban J connectivity index is 1.59. The summed E-state index contributed by atoms with van der Waals surface area (Å²) in [6, 6.07) is 12.3. The molecule has 31 heavy (non-hydrogen) atoms. The summed E-state index contributed by atoms with van der Waals surface area (Å²) in [4.78, 5) is 27.2. The first-order chi connectivity index (χ1) is 14.9. The van der Waals surface area contributed by atoms with Crippen molar-refractivity contribution in [3.8, 4) is 5.75 Å². The van der Waals surface area contributed by atoms with Crippen molar-refractivity contribution in [3.63, 3.8) is 0 Å². The van der Waals surface area contributed by atoms with E-state index >= 15 is 0 Å². The van der Waals surface area contributed by atoms with Crippen LogP contribution in [0, 0.1) is 5.92 Å². The highest BCUT2D eigenvalue weighted by Gasteiger charge is 2.21. The molecule has 0 spiro atoms. The third kappa shape index (κ3) is 6.27. The predicted octanol–water partition coefficient (Wildman–Crippen LogP) is 4.85. The number of amides is 2. The fraction of sp³-hybridized carbons (Fsp3) is 0.348. The lowest BCUT2D eigenvalue weighted by atomic mass is 9.98. The van der Waals surface area contributed by atoms with Crippen molar-refractivity contribution in [2.24, 2.45) is 5.92 Å². The molecule has 0 aromatic heterocycles. The SMILES string of the molecule is CCOc1ccc(Br)cc1C(=O)NC(=S)Nc1ccc(C(=O)N2CCC(C)CC2)cc1. The number of ether oxygens (including phenoxy) is 1. The minimum atomic E-state index is -0.367. The van der Waals surface area contributed by atoms with E-state index in [1.807, 2.05) is 17.9 Å². The quantitative estimate of drug-likeness (QED) is 0.570. The molecule has 2 aromatic carbocycles. The van der Waals surface area contributed by atoms with E-state index < -0.39 is 0 Å². The largest absolute Gasteiger partial charge is 0.493 e. The van der Waals surface area contributed by atoms with E-state index in [9.17, 15) is 9.59 Å². The van der Waals surface area contributed by atoms with Crippen LogP contribution in [0.1, 0.15) is 47.4 Å². The summed E-state index contributed by atoms with van der Waals surface area (Å²) in [5, 5.41) is 5.81. The van der Waals surface area contributed by atoms with E-state index in [2.05, 4.69) is 33.5 Å². The summed E-state index contributed by atoms with van der Waals surface area (Å²) in [5.41, 5.74) is 1.72. The molecule has 3 rings (SSSR count). The molecule has 2 amide bonds. The summed E-state index contributed by atoms with van der Waals surface area (Å²) < 4.78 is 6.29. The molecule has 0 radical (unpaired) electrons. The smallest absolute Gasteiger partial charge is 0.261 e. The topological polar surface area (TPSA) is 70.7 Å². The Morgan fingerprint density at radius 3 is 2.48 bits per heavy atom. The molecule has 0 atom stereocenters. The van der Waals surface area contributed by atoms with Crippen molar-refractivity contribution in [1.82, 2.24) is 10.2 Å². The van der Waals surface area contributed by atoms with Crippen LogP contribution in [-0.4, -0.2) is 41.5 Å². The highest BCUT2D eigenvalue weighted by atomic mass is 79.9. The predicted molar refractivity (Wildman–Crippen MR) is 130 cm³/mol. The number of carbonyl (C=O) groups is 2. The van der Waals surface area contributed by atoms with Gasteiger partial charge in [-0.15, -0.1) is 0 Å². The van der Waals surface area contributed by atoms with Crippen LogP contribution in [0.25, 0.3) is 0 Å². The molecule has 0 saturated carbocycles. The Kier molecular flexibility index (Phi) is 8.03. The average molecular weight is 504 g/mol. The molecule has 164 valence electrons. The number of hydrogen-bond donors (Lipinski definition) is 2. The van der Waals surface area contributed by atoms with Crippen molar-refractivity contribution in [1.29, 1.82) is 0 Å². The van der Waals surface area contributed by atoms with Gasteiger partial charge in [0, 0.05) is 28.8 Å². The third-order valence-electron chi connectivity index (χ3n) is 5.17. The Hall–Kier alpha value is -2.45. The Labute approximate surface area is 196 Å². The van der Waals surface area contributed by atoms with E-state index in [4.69, 9.17) is 17.0 Å². The molecule has 0 aliphatic carbocycles. The van der Waals surface area contributed by atoms with Gasteiger partial charge in [-0.2, -0.15) is 0 Å². The first-order valence-electron chi connectivity index (χ1n) is 10.3. The maximum absolute atomic E-state index is 12.7. The molecule has 1 aliphatic heterocycles. The lowest BCUT2D eigenvalue weighted by Crippen LogP contribution is -2.37. The van der Waals surface area contributed by atoms with Crippen LogP contribution >= 0.6 is 28.1 Å². The molecule has 1 saturated heterocycles. The van der Waals surface area contributed by atoms with Gasteiger partial charge in [0.15, 0.2) is 5.11 Å². The molecular formula is C23H26BrN3O3S. The van der Waals surface area contributed by atoms with Gasteiger partial charge in [0.2, 0.25) is 0 Å². The number of benzene rings is 2. The van der Waals surface area contributed by atoms with Crippen LogP contribution in [0.2, 0.25) is 0 Å². The Morgan fingerprint density at radius 2 is 1.84 bits per heavy atom. The maximum atomic E-state index is 12.7. The van der Waals surface area contributed by atoms with Gasteiger partial charge in [-0.05, 0) is 80.4 Å². The Morgan fingerprint density at radius 1 is 1.16 bits per heavy atom. The molecule has 1 fully saturated rings. The van der Waals surface area contributed by atoms with E-state index in [0.717, 1.165) is 30.4 Å². The minimum absolute atomic E-state index is 0.0486. The molecule has 0 unspecified atom stereocenters. The molecule has 2 N–H and O–H groups in total. The van der Waals surface area contributed by atoms with Gasteiger partial charge < -0.3 is 15.0 Å². The van der Waals surface area contributed by atoms with Crippen LogP contribution in [0.5, 0.6) is 5.75 Å². The van der Waals surface area contributed by atoms with Crippen LogP contribution in [-0.2, 0) is 0 Å². The summed E-state index contributed by atoms with van der Waals surface area (Å²) in [7, 11) is 0. The number of anilines is 1. The second kappa shape index (κ2) is 10.7. The van der Waals surface area contributed by atoms with E-state index in [1.165, 1.54) is 0 Å². The van der Waals surface area contributed by atoms with Gasteiger partial charge >= 0.3 is 0 Å². The van der Waals surface area contributed by atoms with Crippen molar-refractivity contribution < 1.29 is 14.3 Å². The number of hydrogen-bond acceptors (Lipinski definition) is 4. The average Bonchev–Trinajstić information content (AvgIpc) is 2.75. The van der Waals surface area contributed by atoms with Crippen molar-refractivity contribution >= 4 is 50.8 Å².